The molecular formula is C8H16N2O3. The standard InChI is InChI=1S/C8H16N2O3/c1-4(5(2)9)7(11)10-6(3)8(12)13/h4-6H,9H2,1-3H3,(H,10,11)(H,12,13)/t4?,5?,6-/m0/s1. The van der Waals surface area contributed by atoms with Crippen LogP contribution in [0.1, 0.15) is 20.8 Å². The fourth-order valence-electron chi connectivity index (χ4n) is 0.645. The highest BCUT2D eigenvalue weighted by Gasteiger charge is 2.21. The quantitative estimate of drug-likeness (QED) is 0.557. The zero-order valence-corrected chi connectivity index (χ0v) is 8.07. The molecule has 76 valence electrons. The molecule has 5 nitrogen and oxygen atoms in total. The first-order chi connectivity index (χ1) is 5.86. The van der Waals surface area contributed by atoms with Crippen LogP contribution in [0.4, 0.5) is 0 Å². The minimum atomic E-state index is -1.05. The van der Waals surface area contributed by atoms with Crippen molar-refractivity contribution in [2.24, 2.45) is 11.7 Å². The lowest BCUT2D eigenvalue weighted by Crippen LogP contribution is -2.45. The topological polar surface area (TPSA) is 92.4 Å². The second-order valence-electron chi connectivity index (χ2n) is 3.22. The second-order valence-corrected chi connectivity index (χ2v) is 3.22. The maximum atomic E-state index is 11.2. The van der Waals surface area contributed by atoms with E-state index in [2.05, 4.69) is 5.32 Å². The van der Waals surface area contributed by atoms with E-state index in [-0.39, 0.29) is 17.9 Å². The summed E-state index contributed by atoms with van der Waals surface area (Å²) in [6.07, 6.45) is 0. The van der Waals surface area contributed by atoms with Crippen molar-refractivity contribution >= 4 is 11.9 Å². The van der Waals surface area contributed by atoms with Gasteiger partial charge in [-0.3, -0.25) is 9.59 Å². The SMILES string of the molecule is CC(N)C(C)C(=O)N[C@@H](C)C(=O)O. The lowest BCUT2D eigenvalue weighted by atomic mass is 10.0. The summed E-state index contributed by atoms with van der Waals surface area (Å²) in [4.78, 5) is 21.6. The number of carboxylic acids is 1. The number of hydrogen-bond acceptors (Lipinski definition) is 3. The number of amides is 1. The van der Waals surface area contributed by atoms with Gasteiger partial charge >= 0.3 is 5.97 Å². The smallest absolute Gasteiger partial charge is 0.325 e. The van der Waals surface area contributed by atoms with Gasteiger partial charge in [0.25, 0.3) is 0 Å². The van der Waals surface area contributed by atoms with Gasteiger partial charge in [-0.2, -0.15) is 0 Å². The van der Waals surface area contributed by atoms with Crippen LogP contribution in [0, 0.1) is 5.92 Å². The average Bonchev–Trinajstić information content (AvgIpc) is 2.02. The number of nitrogens with one attached hydrogen (secondary N) is 1. The largest absolute Gasteiger partial charge is 0.480 e. The molecule has 0 radical (unpaired) electrons. The lowest BCUT2D eigenvalue weighted by molar-refractivity contribution is -0.141. The zero-order chi connectivity index (χ0) is 10.6. The maximum absolute atomic E-state index is 11.2. The number of carbonyl (C=O) groups is 2. The number of hydrogen-bond donors (Lipinski definition) is 3. The van der Waals surface area contributed by atoms with Crippen LogP contribution in [0.2, 0.25) is 0 Å². The van der Waals surface area contributed by atoms with Gasteiger partial charge in [0.2, 0.25) is 5.91 Å². The Balaban J connectivity index is 4.08. The second kappa shape index (κ2) is 4.81. The molecule has 2 unspecified atom stereocenters. The highest BCUT2D eigenvalue weighted by molar-refractivity contribution is 5.84. The first-order valence-electron chi connectivity index (χ1n) is 4.15. The summed E-state index contributed by atoms with van der Waals surface area (Å²) in [6, 6.07) is -1.14. The fraction of sp³-hybridized carbons (Fsp3) is 0.750. The van der Waals surface area contributed by atoms with Gasteiger partial charge in [0, 0.05) is 12.0 Å². The van der Waals surface area contributed by atoms with E-state index in [4.69, 9.17) is 10.8 Å². The Morgan fingerprint density at radius 2 is 1.77 bits per heavy atom. The van der Waals surface area contributed by atoms with Gasteiger partial charge in [-0.25, -0.2) is 0 Å². The molecule has 0 aromatic rings. The van der Waals surface area contributed by atoms with Gasteiger partial charge in [-0.05, 0) is 13.8 Å². The minimum absolute atomic E-state index is 0.277. The van der Waals surface area contributed by atoms with Crippen molar-refractivity contribution < 1.29 is 14.7 Å². The Hall–Kier alpha value is -1.10. The highest BCUT2D eigenvalue weighted by atomic mass is 16.4. The summed E-state index contributed by atoms with van der Waals surface area (Å²) in [5, 5.41) is 10.8. The zero-order valence-electron chi connectivity index (χ0n) is 8.07. The number of nitrogens with two attached hydrogens (primary N) is 1. The first-order valence-corrected chi connectivity index (χ1v) is 4.15. The van der Waals surface area contributed by atoms with Crippen LogP contribution < -0.4 is 11.1 Å². The predicted octanol–water partition coefficient (Wildman–Crippen LogP) is -0.441. The van der Waals surface area contributed by atoms with Crippen molar-refractivity contribution in [3.8, 4) is 0 Å². The summed E-state index contributed by atoms with van der Waals surface area (Å²) in [7, 11) is 0. The van der Waals surface area contributed by atoms with Crippen molar-refractivity contribution in [1.29, 1.82) is 0 Å². The van der Waals surface area contributed by atoms with Gasteiger partial charge in [0.05, 0.1) is 0 Å². The molecule has 4 N–H and O–H groups in total. The van der Waals surface area contributed by atoms with Crippen LogP contribution in [0.5, 0.6) is 0 Å². The van der Waals surface area contributed by atoms with Crippen LogP contribution in [-0.2, 0) is 9.59 Å². The molecule has 0 aromatic carbocycles. The molecule has 0 saturated carbocycles. The summed E-state index contributed by atoms with van der Waals surface area (Å²) in [5.74, 6) is -1.75. The predicted molar refractivity (Wildman–Crippen MR) is 48.1 cm³/mol. The Morgan fingerprint density at radius 1 is 1.31 bits per heavy atom. The van der Waals surface area contributed by atoms with E-state index in [1.807, 2.05) is 0 Å². The molecule has 0 bridgehead atoms. The molecule has 0 aliphatic carbocycles. The Bertz CT molecular complexity index is 204. The molecule has 3 atom stereocenters. The van der Waals surface area contributed by atoms with E-state index in [0.29, 0.717) is 0 Å². The Labute approximate surface area is 77.3 Å². The van der Waals surface area contributed by atoms with Crippen LogP contribution >= 0.6 is 0 Å². The molecule has 0 aliphatic heterocycles. The van der Waals surface area contributed by atoms with Crippen LogP contribution in [0.15, 0.2) is 0 Å². The molecule has 0 fully saturated rings. The van der Waals surface area contributed by atoms with Crippen molar-refractivity contribution in [3.63, 3.8) is 0 Å². The molecule has 13 heavy (non-hydrogen) atoms. The summed E-state index contributed by atoms with van der Waals surface area (Å²) in [6.45, 7) is 4.78. The lowest BCUT2D eigenvalue weighted by Gasteiger charge is -2.17. The molecule has 0 aliphatic rings. The van der Waals surface area contributed by atoms with Crippen LogP contribution in [0.3, 0.4) is 0 Å². The monoisotopic (exact) mass is 188 g/mol. The molecule has 0 saturated heterocycles. The molecule has 5 heteroatoms. The summed E-state index contributed by atoms with van der Waals surface area (Å²) >= 11 is 0. The number of carbonyl (C=O) groups excluding carboxylic acids is 1. The molecule has 0 rings (SSSR count). The van der Waals surface area contributed by atoms with Gasteiger partial charge in [0.15, 0.2) is 0 Å². The van der Waals surface area contributed by atoms with Gasteiger partial charge in [0.1, 0.15) is 6.04 Å². The van der Waals surface area contributed by atoms with Crippen molar-refractivity contribution in [2.45, 2.75) is 32.9 Å². The average molecular weight is 188 g/mol. The minimum Gasteiger partial charge on any atom is -0.480 e. The van der Waals surface area contributed by atoms with Crippen LogP contribution in [-0.4, -0.2) is 29.1 Å². The van der Waals surface area contributed by atoms with Crippen LogP contribution in [0.25, 0.3) is 0 Å². The third kappa shape index (κ3) is 3.89. The highest BCUT2D eigenvalue weighted by Crippen LogP contribution is 1.99. The summed E-state index contributed by atoms with van der Waals surface area (Å²) in [5.41, 5.74) is 5.48. The van der Waals surface area contributed by atoms with Crippen molar-refractivity contribution in [3.05, 3.63) is 0 Å². The van der Waals surface area contributed by atoms with Crippen molar-refractivity contribution in [1.82, 2.24) is 5.32 Å². The third-order valence-corrected chi connectivity index (χ3v) is 1.93. The maximum Gasteiger partial charge on any atom is 0.325 e. The Morgan fingerprint density at radius 3 is 2.08 bits per heavy atom. The van der Waals surface area contributed by atoms with Gasteiger partial charge in [-0.1, -0.05) is 6.92 Å². The number of carboxylic acid groups (broad SMARTS) is 1. The van der Waals surface area contributed by atoms with E-state index in [0.717, 1.165) is 0 Å². The van der Waals surface area contributed by atoms with E-state index < -0.39 is 12.0 Å². The first kappa shape index (κ1) is 11.9. The third-order valence-electron chi connectivity index (χ3n) is 1.93. The number of rotatable bonds is 4. The molecule has 0 spiro atoms. The molecule has 1 amide bonds. The molecule has 0 heterocycles. The summed E-state index contributed by atoms with van der Waals surface area (Å²) < 4.78 is 0. The van der Waals surface area contributed by atoms with E-state index in [9.17, 15) is 9.59 Å². The Kier molecular flexibility index (Phi) is 4.40. The van der Waals surface area contributed by atoms with Gasteiger partial charge < -0.3 is 16.2 Å². The van der Waals surface area contributed by atoms with E-state index in [1.54, 1.807) is 13.8 Å². The van der Waals surface area contributed by atoms with Crippen molar-refractivity contribution in [2.75, 3.05) is 0 Å². The van der Waals surface area contributed by atoms with E-state index >= 15 is 0 Å². The fourth-order valence-corrected chi connectivity index (χ4v) is 0.645. The molecule has 0 aromatic heterocycles. The molecular weight excluding hydrogens is 172 g/mol. The van der Waals surface area contributed by atoms with E-state index in [1.165, 1.54) is 6.92 Å². The normalized spacial score (nSPS) is 17.2. The van der Waals surface area contributed by atoms with Gasteiger partial charge in [-0.15, -0.1) is 0 Å². The number of aliphatic carboxylic acids is 1.